The van der Waals surface area contributed by atoms with Crippen LogP contribution in [0.5, 0.6) is 5.75 Å². The van der Waals surface area contributed by atoms with E-state index in [2.05, 4.69) is 49.7 Å². The highest BCUT2D eigenvalue weighted by Crippen LogP contribution is 2.45. The van der Waals surface area contributed by atoms with Crippen LogP contribution in [0.15, 0.2) is 42.9 Å². The summed E-state index contributed by atoms with van der Waals surface area (Å²) in [7, 11) is 3.20. The van der Waals surface area contributed by atoms with Crippen LogP contribution in [0.25, 0.3) is 11.1 Å². The highest BCUT2D eigenvalue weighted by Gasteiger charge is 2.43. The van der Waals surface area contributed by atoms with E-state index in [1.165, 1.54) is 25.9 Å². The summed E-state index contributed by atoms with van der Waals surface area (Å²) in [6, 6.07) is 8.12. The van der Waals surface area contributed by atoms with E-state index in [4.69, 9.17) is 21.3 Å². The van der Waals surface area contributed by atoms with E-state index >= 15 is 0 Å². The van der Waals surface area contributed by atoms with E-state index in [0.717, 1.165) is 57.7 Å². The molecule has 0 bridgehead atoms. The zero-order valence-corrected chi connectivity index (χ0v) is 28.8. The number of ether oxygens (including phenoxy) is 1. The predicted octanol–water partition coefficient (Wildman–Crippen LogP) is 6.42. The molecule has 10 nitrogen and oxygen atoms in total. The van der Waals surface area contributed by atoms with Crippen LogP contribution in [-0.2, 0) is 11.6 Å². The molecule has 2 aliphatic heterocycles. The van der Waals surface area contributed by atoms with Gasteiger partial charge in [-0.3, -0.25) is 4.68 Å². The Labute approximate surface area is 270 Å². The predicted molar refractivity (Wildman–Crippen MR) is 185 cm³/mol. The highest BCUT2D eigenvalue weighted by molar-refractivity contribution is 7.70. The molecule has 0 saturated carbocycles. The maximum absolute atomic E-state index is 13.3. The number of halogens is 1. The number of aromatic nitrogens is 4. The second-order valence-corrected chi connectivity index (χ2v) is 16.6. The summed E-state index contributed by atoms with van der Waals surface area (Å²) >= 11 is 6.58. The molecule has 0 amide bonds. The number of piperidine rings is 1. The fourth-order valence-electron chi connectivity index (χ4n) is 6.88. The molecule has 6 rings (SSSR count). The lowest BCUT2D eigenvalue weighted by Gasteiger charge is -2.53. The van der Waals surface area contributed by atoms with Crippen molar-refractivity contribution in [1.29, 1.82) is 0 Å². The lowest BCUT2D eigenvalue weighted by molar-refractivity contribution is 0.00133. The summed E-state index contributed by atoms with van der Waals surface area (Å²) < 4.78 is 21.0. The fraction of sp³-hybridized carbons (Fsp3) is 0.424. The molecule has 1 spiro atoms. The third kappa shape index (κ3) is 6.28. The monoisotopic (exact) mass is 648 g/mol. The molecule has 2 aromatic heterocycles. The number of rotatable bonds is 8. The standard InChI is InChI=1S/C33H42ClN8O2P/c1-21-8-9-26(30(22(21)2)45(6,7)43)37-31-25(34)17-35-32(39-31)38-27-14-24(23-16-36-41(4)18-23)28(15-29(27)44-5)42-12-10-33(11-13-42)19-40(3)20-33/h8-9,14-18H,10-13,19-20H2,1-7H3,(H2,35,37,38,39). The van der Waals surface area contributed by atoms with Crippen molar-refractivity contribution in [3.63, 3.8) is 0 Å². The van der Waals surface area contributed by atoms with E-state index < -0.39 is 7.14 Å². The zero-order valence-electron chi connectivity index (χ0n) is 27.1. The Hall–Kier alpha value is -3.59. The van der Waals surface area contributed by atoms with Crippen LogP contribution in [0.3, 0.4) is 0 Å². The molecule has 2 aromatic carbocycles. The Morgan fingerprint density at radius 1 is 1.02 bits per heavy atom. The second kappa shape index (κ2) is 12.0. The zero-order chi connectivity index (χ0) is 32.1. The van der Waals surface area contributed by atoms with Gasteiger partial charge in [-0.1, -0.05) is 17.7 Å². The van der Waals surface area contributed by atoms with E-state index in [0.29, 0.717) is 28.0 Å². The summed E-state index contributed by atoms with van der Waals surface area (Å²) in [6.07, 6.45) is 7.83. The first-order chi connectivity index (χ1) is 21.4. The van der Waals surface area contributed by atoms with Gasteiger partial charge in [0, 0.05) is 67.6 Å². The van der Waals surface area contributed by atoms with Crippen LogP contribution in [-0.4, -0.2) is 78.3 Å². The lowest BCUT2D eigenvalue weighted by atomic mass is 9.72. The third-order valence-corrected chi connectivity index (χ3v) is 11.1. The first-order valence-corrected chi connectivity index (χ1v) is 18.2. The summed E-state index contributed by atoms with van der Waals surface area (Å²) in [5.41, 5.74) is 7.17. The number of aryl methyl sites for hydroxylation is 2. The SMILES string of the molecule is COc1cc(N2CCC3(CC2)CN(C)C3)c(-c2cnn(C)c2)cc1Nc1ncc(Cl)c(Nc2ccc(C)c(C)c2P(C)(C)=O)n1. The summed E-state index contributed by atoms with van der Waals surface area (Å²) in [5.74, 6) is 1.45. The van der Waals surface area contributed by atoms with Crippen molar-refractivity contribution < 1.29 is 9.30 Å². The van der Waals surface area contributed by atoms with Gasteiger partial charge in [0.05, 0.1) is 30.9 Å². The van der Waals surface area contributed by atoms with Crippen molar-refractivity contribution in [1.82, 2.24) is 24.6 Å². The molecule has 45 heavy (non-hydrogen) atoms. The van der Waals surface area contributed by atoms with Crippen molar-refractivity contribution >= 4 is 52.9 Å². The van der Waals surface area contributed by atoms with Crippen molar-refractivity contribution in [2.24, 2.45) is 12.5 Å². The number of likely N-dealkylation sites (tertiary alicyclic amines) is 1. The molecule has 2 N–H and O–H groups in total. The molecular weight excluding hydrogens is 607 g/mol. The van der Waals surface area contributed by atoms with Gasteiger partial charge in [0.25, 0.3) is 0 Å². The van der Waals surface area contributed by atoms with Gasteiger partial charge in [0.2, 0.25) is 5.95 Å². The maximum atomic E-state index is 13.3. The molecule has 0 atom stereocenters. The first kappa shape index (κ1) is 31.4. The van der Waals surface area contributed by atoms with E-state index in [9.17, 15) is 4.57 Å². The van der Waals surface area contributed by atoms with Gasteiger partial charge in [-0.2, -0.15) is 10.1 Å². The Morgan fingerprint density at radius 2 is 1.76 bits per heavy atom. The van der Waals surface area contributed by atoms with Gasteiger partial charge in [0.15, 0.2) is 5.82 Å². The average Bonchev–Trinajstić information content (AvgIpc) is 3.41. The first-order valence-electron chi connectivity index (χ1n) is 15.2. The third-order valence-electron chi connectivity index (χ3n) is 9.19. The topological polar surface area (TPSA) is 100 Å². The Morgan fingerprint density at radius 3 is 2.38 bits per heavy atom. The number of hydrogen-bond donors (Lipinski definition) is 2. The Bertz CT molecular complexity index is 1790. The molecule has 4 heterocycles. The van der Waals surface area contributed by atoms with Gasteiger partial charge in [0.1, 0.15) is 17.9 Å². The quantitative estimate of drug-likeness (QED) is 0.210. The van der Waals surface area contributed by atoms with Gasteiger partial charge < -0.3 is 29.7 Å². The van der Waals surface area contributed by atoms with Gasteiger partial charge in [-0.25, -0.2) is 4.98 Å². The Kier molecular flexibility index (Phi) is 8.35. The Balaban J connectivity index is 1.33. The van der Waals surface area contributed by atoms with Crippen LogP contribution in [0, 0.1) is 19.3 Å². The molecule has 2 saturated heterocycles. The number of nitrogens with one attached hydrogen (secondary N) is 2. The minimum atomic E-state index is -2.60. The van der Waals surface area contributed by atoms with E-state index in [1.54, 1.807) is 26.6 Å². The molecule has 4 aromatic rings. The van der Waals surface area contributed by atoms with Crippen molar-refractivity contribution in [2.75, 3.05) is 69.2 Å². The number of hydrogen-bond acceptors (Lipinski definition) is 9. The highest BCUT2D eigenvalue weighted by atomic mass is 35.5. The van der Waals surface area contributed by atoms with E-state index in [-0.39, 0.29) is 0 Å². The van der Waals surface area contributed by atoms with Gasteiger partial charge in [-0.05, 0) is 75.7 Å². The van der Waals surface area contributed by atoms with Gasteiger partial charge in [-0.15, -0.1) is 0 Å². The largest absolute Gasteiger partial charge is 0.494 e. The average molecular weight is 649 g/mol. The number of nitrogens with zero attached hydrogens (tertiary/aromatic N) is 6. The van der Waals surface area contributed by atoms with Crippen LogP contribution in [0.1, 0.15) is 24.0 Å². The maximum Gasteiger partial charge on any atom is 0.229 e. The van der Waals surface area contributed by atoms with Crippen LogP contribution in [0.2, 0.25) is 5.02 Å². The van der Waals surface area contributed by atoms with Gasteiger partial charge >= 0.3 is 0 Å². The van der Waals surface area contributed by atoms with Crippen LogP contribution < -0.4 is 25.6 Å². The van der Waals surface area contributed by atoms with E-state index in [1.807, 2.05) is 50.1 Å². The molecular formula is C33H42ClN8O2P. The normalized spacial score (nSPS) is 16.5. The molecule has 12 heteroatoms. The van der Waals surface area contributed by atoms with Crippen molar-refractivity contribution in [3.8, 4) is 16.9 Å². The number of benzene rings is 2. The van der Waals surface area contributed by atoms with Crippen molar-refractivity contribution in [3.05, 3.63) is 59.0 Å². The summed E-state index contributed by atoms with van der Waals surface area (Å²) in [6.45, 7) is 11.9. The summed E-state index contributed by atoms with van der Waals surface area (Å²) in [4.78, 5) is 14.1. The number of anilines is 5. The second-order valence-electron chi connectivity index (χ2n) is 13.0. The minimum Gasteiger partial charge on any atom is -0.494 e. The molecule has 0 aliphatic carbocycles. The molecule has 238 valence electrons. The minimum absolute atomic E-state index is 0.348. The molecule has 2 fully saturated rings. The van der Waals surface area contributed by atoms with Crippen LogP contribution in [0.4, 0.5) is 28.8 Å². The molecule has 0 radical (unpaired) electrons. The summed E-state index contributed by atoms with van der Waals surface area (Å²) in [5, 5.41) is 12.3. The van der Waals surface area contributed by atoms with Crippen LogP contribution >= 0.6 is 18.7 Å². The molecule has 2 aliphatic rings. The molecule has 0 unspecified atom stereocenters. The fourth-order valence-corrected chi connectivity index (χ4v) is 8.72. The smallest absolute Gasteiger partial charge is 0.229 e. The number of methoxy groups -OCH3 is 1. The van der Waals surface area contributed by atoms with Crippen molar-refractivity contribution in [2.45, 2.75) is 26.7 Å². The lowest BCUT2D eigenvalue weighted by Crippen LogP contribution is -2.58.